The Labute approximate surface area is 222 Å². The van der Waals surface area contributed by atoms with E-state index in [0.29, 0.717) is 28.8 Å². The Morgan fingerprint density at radius 1 is 0.447 bits per heavy atom. The van der Waals surface area contributed by atoms with Crippen LogP contribution < -0.4 is 18.9 Å². The number of methoxy groups -OCH3 is 4. The van der Waals surface area contributed by atoms with E-state index >= 15 is 0 Å². The van der Waals surface area contributed by atoms with E-state index in [1.807, 2.05) is 72.8 Å². The zero-order chi connectivity index (χ0) is 26.5. The first-order valence-electron chi connectivity index (χ1n) is 12.1. The van der Waals surface area contributed by atoms with Gasteiger partial charge in [0.25, 0.3) is 0 Å². The predicted octanol–water partition coefficient (Wildman–Crippen LogP) is 7.18. The third kappa shape index (κ3) is 5.02. The molecule has 0 spiro atoms. The molecule has 0 N–H and O–H groups in total. The lowest BCUT2D eigenvalue weighted by Gasteiger charge is -2.15. The normalized spacial score (nSPS) is 10.6. The molecule has 0 unspecified atom stereocenters. The van der Waals surface area contributed by atoms with Gasteiger partial charge in [0.05, 0.1) is 39.8 Å². The van der Waals surface area contributed by atoms with Gasteiger partial charge in [0.1, 0.15) is 23.0 Å². The molecule has 0 aliphatic rings. The molecule has 0 saturated heterocycles. The number of rotatable bonds is 8. The highest BCUT2D eigenvalue weighted by atomic mass is 16.5. The summed E-state index contributed by atoms with van der Waals surface area (Å²) in [5.74, 6) is 3.30. The van der Waals surface area contributed by atoms with Crippen LogP contribution >= 0.6 is 0 Å². The van der Waals surface area contributed by atoms with Crippen molar-refractivity contribution in [2.24, 2.45) is 0 Å². The van der Waals surface area contributed by atoms with Gasteiger partial charge >= 0.3 is 0 Å². The van der Waals surface area contributed by atoms with Crippen LogP contribution in [0.15, 0.2) is 97.1 Å². The van der Waals surface area contributed by atoms with Gasteiger partial charge in [-0.25, -0.2) is 9.97 Å². The summed E-state index contributed by atoms with van der Waals surface area (Å²) in [5.41, 5.74) is 6.26. The summed E-state index contributed by atoms with van der Waals surface area (Å²) in [6.07, 6.45) is 0. The van der Waals surface area contributed by atoms with Crippen molar-refractivity contribution in [1.29, 1.82) is 0 Å². The van der Waals surface area contributed by atoms with Crippen LogP contribution in [0.3, 0.4) is 0 Å². The molecule has 0 amide bonds. The summed E-state index contributed by atoms with van der Waals surface area (Å²) >= 11 is 0. The lowest BCUT2D eigenvalue weighted by Crippen LogP contribution is -1.99. The molecule has 4 aromatic carbocycles. The van der Waals surface area contributed by atoms with Gasteiger partial charge in [0, 0.05) is 28.8 Å². The quantitative estimate of drug-likeness (QED) is 0.223. The molecule has 0 bridgehead atoms. The molecule has 0 atom stereocenters. The van der Waals surface area contributed by atoms with Crippen molar-refractivity contribution < 1.29 is 18.9 Å². The molecule has 0 fully saturated rings. The minimum absolute atomic E-state index is 0.591. The van der Waals surface area contributed by atoms with Gasteiger partial charge in [-0.05, 0) is 41.5 Å². The van der Waals surface area contributed by atoms with Crippen LogP contribution in [0.5, 0.6) is 23.0 Å². The first kappa shape index (κ1) is 24.8. The van der Waals surface area contributed by atoms with Gasteiger partial charge in [0.2, 0.25) is 0 Å². The summed E-state index contributed by atoms with van der Waals surface area (Å²) in [5, 5.41) is 0. The number of hydrogen-bond donors (Lipinski definition) is 0. The molecule has 6 heteroatoms. The maximum atomic E-state index is 5.69. The minimum Gasteiger partial charge on any atom is -0.497 e. The van der Waals surface area contributed by atoms with Crippen molar-refractivity contribution in [2.75, 3.05) is 28.4 Å². The van der Waals surface area contributed by atoms with Gasteiger partial charge in [-0.1, -0.05) is 54.6 Å². The smallest absolute Gasteiger partial charge is 0.160 e. The van der Waals surface area contributed by atoms with Gasteiger partial charge in [-0.3, -0.25) is 0 Å². The van der Waals surface area contributed by atoms with Crippen LogP contribution in [0.2, 0.25) is 0 Å². The molecule has 190 valence electrons. The Hall–Kier alpha value is -4.84. The van der Waals surface area contributed by atoms with Crippen molar-refractivity contribution in [1.82, 2.24) is 9.97 Å². The molecule has 5 rings (SSSR count). The molecule has 0 saturated carbocycles. The van der Waals surface area contributed by atoms with Crippen LogP contribution in [0, 0.1) is 0 Å². The molecule has 0 aliphatic heterocycles. The lowest BCUT2D eigenvalue weighted by atomic mass is 10.0. The fourth-order valence-corrected chi connectivity index (χ4v) is 4.31. The summed E-state index contributed by atoms with van der Waals surface area (Å²) in [6.45, 7) is 0. The molecular formula is C32H28N2O4. The zero-order valence-corrected chi connectivity index (χ0v) is 21.8. The molecule has 0 aliphatic carbocycles. The second-order valence-electron chi connectivity index (χ2n) is 8.54. The van der Waals surface area contributed by atoms with Crippen LogP contribution in [0.25, 0.3) is 45.0 Å². The first-order valence-corrected chi connectivity index (χ1v) is 12.1. The van der Waals surface area contributed by atoms with E-state index in [-0.39, 0.29) is 0 Å². The number of aromatic nitrogens is 2. The van der Waals surface area contributed by atoms with E-state index in [9.17, 15) is 0 Å². The van der Waals surface area contributed by atoms with Crippen LogP contribution in [-0.2, 0) is 0 Å². The van der Waals surface area contributed by atoms with Crippen molar-refractivity contribution in [3.63, 3.8) is 0 Å². The fraction of sp³-hybridized carbons (Fsp3) is 0.125. The molecule has 0 radical (unpaired) electrons. The SMILES string of the molecule is COc1ccc(-c2cc(-c3ccc(OC)cc3OC)nc(-c3ccc(-c4ccccc4)cc3)n2)c(OC)c1. The average Bonchev–Trinajstić information content (AvgIpc) is 3.00. The lowest BCUT2D eigenvalue weighted by molar-refractivity contribution is 0.395. The van der Waals surface area contributed by atoms with Gasteiger partial charge in [-0.2, -0.15) is 0 Å². The molecule has 6 nitrogen and oxygen atoms in total. The Balaban J connectivity index is 1.67. The monoisotopic (exact) mass is 504 g/mol. The number of ether oxygens (including phenoxy) is 4. The van der Waals surface area contributed by atoms with Crippen LogP contribution in [0.1, 0.15) is 0 Å². The summed E-state index contributed by atoms with van der Waals surface area (Å²) in [4.78, 5) is 9.92. The van der Waals surface area contributed by atoms with E-state index in [1.54, 1.807) is 28.4 Å². The molecule has 5 aromatic rings. The van der Waals surface area contributed by atoms with Gasteiger partial charge < -0.3 is 18.9 Å². The number of hydrogen-bond acceptors (Lipinski definition) is 6. The van der Waals surface area contributed by atoms with Gasteiger partial charge in [0.15, 0.2) is 5.82 Å². The van der Waals surface area contributed by atoms with Crippen molar-refractivity contribution in [3.8, 4) is 68.0 Å². The second-order valence-corrected chi connectivity index (χ2v) is 8.54. The predicted molar refractivity (Wildman–Crippen MR) is 150 cm³/mol. The highest BCUT2D eigenvalue weighted by molar-refractivity contribution is 5.78. The third-order valence-electron chi connectivity index (χ3n) is 6.35. The minimum atomic E-state index is 0.591. The second kappa shape index (κ2) is 11.0. The maximum Gasteiger partial charge on any atom is 0.160 e. The van der Waals surface area contributed by atoms with Crippen molar-refractivity contribution in [2.45, 2.75) is 0 Å². The Bertz CT molecular complexity index is 1480. The van der Waals surface area contributed by atoms with E-state index in [4.69, 9.17) is 28.9 Å². The number of benzene rings is 4. The molecule has 38 heavy (non-hydrogen) atoms. The maximum absolute atomic E-state index is 5.69. The molecular weight excluding hydrogens is 476 g/mol. The standard InChI is InChI=1S/C32H28N2O4/c1-35-24-14-16-26(30(18-24)37-3)28-20-29(27-17-15-25(36-2)19-31(27)38-4)34-32(33-28)23-12-10-22(11-13-23)21-8-6-5-7-9-21/h5-20H,1-4H3. The van der Waals surface area contributed by atoms with E-state index in [2.05, 4.69) is 24.3 Å². The Morgan fingerprint density at radius 2 is 0.921 bits per heavy atom. The Kier molecular flexibility index (Phi) is 7.22. The topological polar surface area (TPSA) is 62.7 Å². The van der Waals surface area contributed by atoms with E-state index < -0.39 is 0 Å². The van der Waals surface area contributed by atoms with Crippen molar-refractivity contribution >= 4 is 0 Å². The largest absolute Gasteiger partial charge is 0.497 e. The highest BCUT2D eigenvalue weighted by Gasteiger charge is 2.17. The van der Waals surface area contributed by atoms with Crippen LogP contribution in [-0.4, -0.2) is 38.4 Å². The summed E-state index contributed by atoms with van der Waals surface area (Å²) in [7, 11) is 6.53. The molecule has 1 aromatic heterocycles. The van der Waals surface area contributed by atoms with E-state index in [1.165, 1.54) is 0 Å². The molecule has 1 heterocycles. The average molecular weight is 505 g/mol. The van der Waals surface area contributed by atoms with Crippen molar-refractivity contribution in [3.05, 3.63) is 97.1 Å². The summed E-state index contributed by atoms with van der Waals surface area (Å²) in [6, 6.07) is 31.8. The van der Waals surface area contributed by atoms with Gasteiger partial charge in [-0.15, -0.1) is 0 Å². The van der Waals surface area contributed by atoms with E-state index in [0.717, 1.165) is 39.2 Å². The van der Waals surface area contributed by atoms with Crippen LogP contribution in [0.4, 0.5) is 0 Å². The summed E-state index contributed by atoms with van der Waals surface area (Å²) < 4.78 is 22.2. The number of nitrogens with zero attached hydrogens (tertiary/aromatic N) is 2. The zero-order valence-electron chi connectivity index (χ0n) is 21.8. The third-order valence-corrected chi connectivity index (χ3v) is 6.35. The Morgan fingerprint density at radius 3 is 1.39 bits per heavy atom. The first-order chi connectivity index (χ1) is 18.6. The highest BCUT2D eigenvalue weighted by Crippen LogP contribution is 2.38. The fourth-order valence-electron chi connectivity index (χ4n) is 4.31.